The molecule has 1 fully saturated rings. The van der Waals surface area contributed by atoms with Gasteiger partial charge in [-0.2, -0.15) is 9.97 Å². The maximum atomic E-state index is 11.1. The Bertz CT molecular complexity index is 829. The zero-order chi connectivity index (χ0) is 17.4. The number of hydrogen-bond acceptors (Lipinski definition) is 8. The summed E-state index contributed by atoms with van der Waals surface area (Å²) in [6.07, 6.45) is 8.82. The number of nitrogens with two attached hydrogens (primary N) is 1. The summed E-state index contributed by atoms with van der Waals surface area (Å²) in [5, 5.41) is 12.1. The Labute approximate surface area is 143 Å². The lowest BCUT2D eigenvalue weighted by atomic mass is 10.1. The van der Waals surface area contributed by atoms with Crippen LogP contribution in [-0.4, -0.2) is 49.9 Å². The molecule has 0 aliphatic heterocycles. The molecular weight excluding hydrogens is 324 g/mol. The Morgan fingerprint density at radius 1 is 1.40 bits per heavy atom. The number of fused-ring (bicyclic) bond motifs is 1. The van der Waals surface area contributed by atoms with Crippen molar-refractivity contribution >= 4 is 28.9 Å². The second-order valence-corrected chi connectivity index (χ2v) is 6.46. The van der Waals surface area contributed by atoms with Crippen molar-refractivity contribution in [1.29, 1.82) is 0 Å². The van der Waals surface area contributed by atoms with E-state index in [1.54, 1.807) is 6.33 Å². The number of allylic oxidation sites excluding steroid dienone is 1. The molecule has 1 saturated carbocycles. The van der Waals surface area contributed by atoms with Crippen LogP contribution in [0.1, 0.15) is 25.3 Å². The van der Waals surface area contributed by atoms with Gasteiger partial charge < -0.3 is 25.5 Å². The van der Waals surface area contributed by atoms with Crippen molar-refractivity contribution in [3.8, 4) is 0 Å². The highest BCUT2D eigenvalue weighted by atomic mass is 16.5. The highest BCUT2D eigenvalue weighted by molar-refractivity contribution is 5.84. The third-order valence-corrected chi connectivity index (χ3v) is 4.45. The van der Waals surface area contributed by atoms with Crippen LogP contribution < -0.4 is 11.1 Å². The predicted molar refractivity (Wildman–Crippen MR) is 90.7 cm³/mol. The number of ether oxygens (including phenoxy) is 1. The van der Waals surface area contributed by atoms with Gasteiger partial charge in [0, 0.05) is 12.0 Å². The molecule has 2 aromatic rings. The molecule has 2 aromatic heterocycles. The first-order chi connectivity index (χ1) is 12.1. The number of nitrogens with zero attached hydrogens (tertiary/aromatic N) is 4. The van der Waals surface area contributed by atoms with Gasteiger partial charge in [-0.15, -0.1) is 0 Å². The van der Waals surface area contributed by atoms with Crippen molar-refractivity contribution in [1.82, 2.24) is 19.5 Å². The Balaban J connectivity index is 1.53. The van der Waals surface area contributed by atoms with Gasteiger partial charge >= 0.3 is 5.97 Å². The van der Waals surface area contributed by atoms with Crippen LogP contribution in [0.5, 0.6) is 0 Å². The predicted octanol–water partition coefficient (Wildman–Crippen LogP) is 0.635. The van der Waals surface area contributed by atoms with Gasteiger partial charge in [0.05, 0.1) is 19.0 Å². The van der Waals surface area contributed by atoms with Crippen molar-refractivity contribution in [3.05, 3.63) is 18.5 Å². The van der Waals surface area contributed by atoms with E-state index in [2.05, 4.69) is 20.3 Å². The van der Waals surface area contributed by atoms with Crippen LogP contribution in [0.2, 0.25) is 0 Å². The molecule has 25 heavy (non-hydrogen) atoms. The zero-order valence-corrected chi connectivity index (χ0v) is 13.6. The van der Waals surface area contributed by atoms with Crippen molar-refractivity contribution in [2.24, 2.45) is 5.92 Å². The van der Waals surface area contributed by atoms with E-state index in [4.69, 9.17) is 15.6 Å². The van der Waals surface area contributed by atoms with E-state index in [9.17, 15) is 4.79 Å². The highest BCUT2D eigenvalue weighted by Gasteiger charge is 2.26. The Hall–Kier alpha value is -2.68. The first kappa shape index (κ1) is 15.8. The molecule has 2 aliphatic carbocycles. The average molecular weight is 344 g/mol. The lowest BCUT2D eigenvalue weighted by molar-refractivity contribution is -0.147. The number of carbonyl (C=O) groups is 1. The molecule has 9 heteroatoms. The number of carbonyl (C=O) groups excluding carboxylic acids is 1. The summed E-state index contributed by atoms with van der Waals surface area (Å²) < 4.78 is 6.96. The van der Waals surface area contributed by atoms with Crippen molar-refractivity contribution in [2.75, 3.05) is 24.3 Å². The van der Waals surface area contributed by atoms with Crippen LogP contribution >= 0.6 is 0 Å². The monoisotopic (exact) mass is 344 g/mol. The summed E-state index contributed by atoms with van der Waals surface area (Å²) in [5.74, 6) is 0.384. The van der Waals surface area contributed by atoms with E-state index >= 15 is 0 Å². The molecule has 132 valence electrons. The lowest BCUT2D eigenvalue weighted by Gasteiger charge is -2.14. The minimum absolute atomic E-state index is 0.0610. The summed E-state index contributed by atoms with van der Waals surface area (Å²) >= 11 is 0. The smallest absolute Gasteiger partial charge is 0.331 e. The summed E-state index contributed by atoms with van der Waals surface area (Å²) in [6.45, 7) is -0.344. The van der Waals surface area contributed by atoms with Gasteiger partial charge in [-0.05, 0) is 19.3 Å². The van der Waals surface area contributed by atoms with Gasteiger partial charge in [-0.25, -0.2) is 9.78 Å². The Kier molecular flexibility index (Phi) is 4.00. The minimum Gasteiger partial charge on any atom is -0.463 e. The summed E-state index contributed by atoms with van der Waals surface area (Å²) in [7, 11) is 0. The number of anilines is 2. The van der Waals surface area contributed by atoms with E-state index in [-0.39, 0.29) is 24.5 Å². The second-order valence-electron chi connectivity index (χ2n) is 6.46. The molecule has 9 nitrogen and oxygen atoms in total. The summed E-state index contributed by atoms with van der Waals surface area (Å²) in [5.41, 5.74) is 7.27. The van der Waals surface area contributed by atoms with Crippen molar-refractivity contribution in [2.45, 2.75) is 31.3 Å². The average Bonchev–Trinajstić information content (AvgIpc) is 3.12. The van der Waals surface area contributed by atoms with Crippen LogP contribution in [0.4, 0.5) is 11.8 Å². The quantitative estimate of drug-likeness (QED) is 0.514. The molecule has 0 amide bonds. The first-order valence-electron chi connectivity index (χ1n) is 8.35. The molecule has 2 heterocycles. The fraction of sp³-hybridized carbons (Fsp3) is 0.500. The number of esters is 1. The zero-order valence-electron chi connectivity index (χ0n) is 13.6. The van der Waals surface area contributed by atoms with Gasteiger partial charge in [-0.3, -0.25) is 0 Å². The van der Waals surface area contributed by atoms with Crippen molar-refractivity contribution < 1.29 is 14.6 Å². The number of imidazole rings is 1. The van der Waals surface area contributed by atoms with Crippen LogP contribution in [0.25, 0.3) is 11.2 Å². The third-order valence-electron chi connectivity index (χ3n) is 4.45. The molecule has 2 aliphatic rings. The van der Waals surface area contributed by atoms with Gasteiger partial charge in [0.1, 0.15) is 6.61 Å². The number of aromatic nitrogens is 4. The Morgan fingerprint density at radius 2 is 2.24 bits per heavy atom. The van der Waals surface area contributed by atoms with Crippen LogP contribution in [0.3, 0.4) is 0 Å². The van der Waals surface area contributed by atoms with Gasteiger partial charge in [0.2, 0.25) is 5.95 Å². The molecule has 0 spiro atoms. The number of nitrogen functional groups attached to an aromatic ring is 1. The molecule has 0 aromatic carbocycles. The Morgan fingerprint density at radius 3 is 3.00 bits per heavy atom. The third kappa shape index (κ3) is 3.27. The fourth-order valence-electron chi connectivity index (χ4n) is 3.03. The van der Waals surface area contributed by atoms with Gasteiger partial charge in [0.25, 0.3) is 0 Å². The van der Waals surface area contributed by atoms with E-state index in [1.165, 1.54) is 0 Å². The first-order valence-corrected chi connectivity index (χ1v) is 8.35. The number of aliphatic hydroxyl groups is 1. The molecule has 0 saturated heterocycles. The maximum Gasteiger partial charge on any atom is 0.331 e. The second kappa shape index (κ2) is 6.32. The molecule has 2 atom stereocenters. The fourth-order valence-corrected chi connectivity index (χ4v) is 3.03. The molecule has 0 bridgehead atoms. The largest absolute Gasteiger partial charge is 0.463 e. The van der Waals surface area contributed by atoms with Gasteiger partial charge in [0.15, 0.2) is 17.0 Å². The standard InChI is InChI=1S/C16H20N6O3/c17-16-20-14(19-10-2-3-10)13-15(21-16)22(8-18-13)11-4-1-9(5-11)7-25-12(24)6-23/h1,4,8-11,23H,2-3,5-7H2,(H3,17,19,20,21). The summed E-state index contributed by atoms with van der Waals surface area (Å²) in [6, 6.07) is 0.505. The van der Waals surface area contributed by atoms with Crippen molar-refractivity contribution in [3.63, 3.8) is 0 Å². The van der Waals surface area contributed by atoms with E-state index in [0.717, 1.165) is 19.3 Å². The van der Waals surface area contributed by atoms with Crippen LogP contribution in [-0.2, 0) is 9.53 Å². The number of nitrogens with one attached hydrogen (secondary N) is 1. The van der Waals surface area contributed by atoms with Crippen LogP contribution in [0.15, 0.2) is 18.5 Å². The number of rotatable bonds is 6. The van der Waals surface area contributed by atoms with E-state index < -0.39 is 12.6 Å². The van der Waals surface area contributed by atoms with Gasteiger partial charge in [-0.1, -0.05) is 12.2 Å². The molecule has 2 unspecified atom stereocenters. The highest BCUT2D eigenvalue weighted by Crippen LogP contribution is 2.33. The van der Waals surface area contributed by atoms with E-state index in [1.807, 2.05) is 16.7 Å². The SMILES string of the molecule is Nc1nc(NC2CC2)c2ncn(C3C=CC(COC(=O)CO)C3)c2n1. The molecule has 4 rings (SSSR count). The lowest BCUT2D eigenvalue weighted by Crippen LogP contribution is -2.15. The molecular formula is C16H20N6O3. The normalized spacial score (nSPS) is 22.4. The van der Waals surface area contributed by atoms with Crippen LogP contribution in [0, 0.1) is 5.92 Å². The number of hydrogen-bond donors (Lipinski definition) is 3. The molecule has 4 N–H and O–H groups in total. The summed E-state index contributed by atoms with van der Waals surface area (Å²) in [4.78, 5) is 24.2. The van der Waals surface area contributed by atoms with E-state index in [0.29, 0.717) is 23.0 Å². The molecule has 0 radical (unpaired) electrons. The minimum atomic E-state index is -0.610. The topological polar surface area (TPSA) is 128 Å². The number of aliphatic hydroxyl groups excluding tert-OH is 1. The maximum absolute atomic E-state index is 11.1.